The van der Waals surface area contributed by atoms with E-state index in [-0.39, 0.29) is 0 Å². The van der Waals surface area contributed by atoms with Crippen molar-refractivity contribution in [1.82, 2.24) is 10.4 Å². The van der Waals surface area contributed by atoms with Gasteiger partial charge in [-0.05, 0) is 5.92 Å². The number of nitrogens with zero attached hydrogens (tertiary/aromatic N) is 1. The highest BCUT2D eigenvalue weighted by Gasteiger charge is 2.18. The summed E-state index contributed by atoms with van der Waals surface area (Å²) in [7, 11) is 0. The number of nitrogens with one attached hydrogen (secondary N) is 1. The van der Waals surface area contributed by atoms with Gasteiger partial charge >= 0.3 is 0 Å². The molecule has 4 heteroatoms. The summed E-state index contributed by atoms with van der Waals surface area (Å²) in [5, 5.41) is 2.23. The molecule has 0 radical (unpaired) electrons. The van der Waals surface area contributed by atoms with Crippen molar-refractivity contribution in [2.45, 2.75) is 26.3 Å². The lowest BCUT2D eigenvalue weighted by Crippen LogP contribution is -2.54. The van der Waals surface area contributed by atoms with Gasteiger partial charge in [0.15, 0.2) is 0 Å². The SMILES string of the molecule is CCC(C)C(CN)NN1CCOCC1. The van der Waals surface area contributed by atoms with Crippen LogP contribution in [0.5, 0.6) is 0 Å². The van der Waals surface area contributed by atoms with Crippen molar-refractivity contribution >= 4 is 0 Å². The monoisotopic (exact) mass is 201 g/mol. The molecule has 0 saturated carbocycles. The molecule has 1 fully saturated rings. The van der Waals surface area contributed by atoms with Crippen molar-refractivity contribution in [1.29, 1.82) is 0 Å². The first-order valence-electron chi connectivity index (χ1n) is 5.56. The molecule has 1 aliphatic heterocycles. The molecular weight excluding hydrogens is 178 g/mol. The molecule has 1 heterocycles. The molecule has 2 atom stereocenters. The highest BCUT2D eigenvalue weighted by molar-refractivity contribution is 4.73. The van der Waals surface area contributed by atoms with Crippen molar-refractivity contribution in [3.63, 3.8) is 0 Å². The van der Waals surface area contributed by atoms with Crippen LogP contribution in [0.25, 0.3) is 0 Å². The molecule has 0 bridgehead atoms. The third-order valence-corrected chi connectivity index (χ3v) is 2.94. The number of hydrogen-bond donors (Lipinski definition) is 2. The van der Waals surface area contributed by atoms with Gasteiger partial charge in [0.1, 0.15) is 0 Å². The second-order valence-corrected chi connectivity index (χ2v) is 3.96. The quantitative estimate of drug-likeness (QED) is 0.667. The van der Waals surface area contributed by atoms with Gasteiger partial charge < -0.3 is 10.5 Å². The maximum absolute atomic E-state index is 5.75. The van der Waals surface area contributed by atoms with Gasteiger partial charge in [0.25, 0.3) is 0 Å². The molecule has 1 rings (SSSR count). The Bertz CT molecular complexity index is 148. The lowest BCUT2D eigenvalue weighted by atomic mass is 10.00. The summed E-state index contributed by atoms with van der Waals surface area (Å²) in [6.07, 6.45) is 1.17. The average Bonchev–Trinajstić information content (AvgIpc) is 2.26. The minimum atomic E-state index is 0.401. The molecule has 4 nitrogen and oxygen atoms in total. The van der Waals surface area contributed by atoms with Crippen LogP contribution in [0.1, 0.15) is 20.3 Å². The van der Waals surface area contributed by atoms with E-state index >= 15 is 0 Å². The number of nitrogens with two attached hydrogens (primary N) is 1. The van der Waals surface area contributed by atoms with Crippen molar-refractivity contribution < 1.29 is 4.74 Å². The molecule has 2 unspecified atom stereocenters. The first-order valence-corrected chi connectivity index (χ1v) is 5.56. The summed E-state index contributed by atoms with van der Waals surface area (Å²) < 4.78 is 5.29. The van der Waals surface area contributed by atoms with Crippen LogP contribution in [-0.2, 0) is 4.74 Å². The van der Waals surface area contributed by atoms with E-state index < -0.39 is 0 Å². The Morgan fingerprint density at radius 2 is 2.07 bits per heavy atom. The van der Waals surface area contributed by atoms with Crippen LogP contribution in [0.2, 0.25) is 0 Å². The number of hydrazine groups is 1. The van der Waals surface area contributed by atoms with E-state index in [4.69, 9.17) is 10.5 Å². The highest BCUT2D eigenvalue weighted by atomic mass is 16.5. The predicted molar refractivity (Wildman–Crippen MR) is 57.8 cm³/mol. The van der Waals surface area contributed by atoms with Crippen LogP contribution < -0.4 is 11.2 Å². The van der Waals surface area contributed by atoms with E-state index in [1.165, 1.54) is 6.42 Å². The van der Waals surface area contributed by atoms with Gasteiger partial charge in [-0.3, -0.25) is 5.43 Å². The fourth-order valence-electron chi connectivity index (χ4n) is 1.62. The van der Waals surface area contributed by atoms with Crippen LogP contribution in [0.15, 0.2) is 0 Å². The van der Waals surface area contributed by atoms with Gasteiger partial charge in [-0.2, -0.15) is 0 Å². The molecular formula is C10H23N3O. The number of rotatable bonds is 5. The smallest absolute Gasteiger partial charge is 0.0608 e. The third kappa shape index (κ3) is 3.53. The van der Waals surface area contributed by atoms with Gasteiger partial charge in [0, 0.05) is 25.7 Å². The van der Waals surface area contributed by atoms with Crippen LogP contribution in [-0.4, -0.2) is 43.9 Å². The van der Waals surface area contributed by atoms with E-state index in [1.807, 2.05) is 0 Å². The Kier molecular flexibility index (Phi) is 5.40. The Labute approximate surface area is 86.8 Å². The number of morpholine rings is 1. The van der Waals surface area contributed by atoms with E-state index in [1.54, 1.807) is 0 Å². The number of hydrogen-bond acceptors (Lipinski definition) is 4. The summed E-state index contributed by atoms with van der Waals surface area (Å²) in [4.78, 5) is 0. The Balaban J connectivity index is 2.30. The van der Waals surface area contributed by atoms with Crippen LogP contribution >= 0.6 is 0 Å². The second kappa shape index (κ2) is 6.35. The van der Waals surface area contributed by atoms with E-state index in [2.05, 4.69) is 24.3 Å². The highest BCUT2D eigenvalue weighted by Crippen LogP contribution is 2.07. The van der Waals surface area contributed by atoms with Crippen molar-refractivity contribution in [3.05, 3.63) is 0 Å². The van der Waals surface area contributed by atoms with Gasteiger partial charge in [-0.1, -0.05) is 20.3 Å². The Morgan fingerprint density at radius 1 is 1.43 bits per heavy atom. The zero-order chi connectivity index (χ0) is 10.4. The fourth-order valence-corrected chi connectivity index (χ4v) is 1.62. The molecule has 3 N–H and O–H groups in total. The average molecular weight is 201 g/mol. The molecule has 1 aliphatic rings. The second-order valence-electron chi connectivity index (χ2n) is 3.96. The van der Waals surface area contributed by atoms with E-state index in [0.717, 1.165) is 26.3 Å². The minimum Gasteiger partial charge on any atom is -0.379 e. The maximum Gasteiger partial charge on any atom is 0.0608 e. The molecule has 0 aromatic carbocycles. The van der Waals surface area contributed by atoms with Gasteiger partial charge in [0.05, 0.1) is 13.2 Å². The zero-order valence-electron chi connectivity index (χ0n) is 9.33. The van der Waals surface area contributed by atoms with Gasteiger partial charge in [-0.15, -0.1) is 0 Å². The standard InChI is InChI=1S/C10H23N3O/c1-3-9(2)10(8-11)12-13-4-6-14-7-5-13/h9-10,12H,3-8,11H2,1-2H3. The largest absolute Gasteiger partial charge is 0.379 e. The maximum atomic E-state index is 5.75. The predicted octanol–water partition coefficient (Wildman–Crippen LogP) is 0.197. The molecule has 0 aromatic rings. The summed E-state index contributed by atoms with van der Waals surface area (Å²) in [6, 6.07) is 0.401. The van der Waals surface area contributed by atoms with Crippen molar-refractivity contribution in [2.24, 2.45) is 11.7 Å². The Morgan fingerprint density at radius 3 is 2.57 bits per heavy atom. The van der Waals surface area contributed by atoms with Crippen LogP contribution in [0, 0.1) is 5.92 Å². The molecule has 0 amide bonds. The van der Waals surface area contributed by atoms with Crippen LogP contribution in [0.3, 0.4) is 0 Å². The molecule has 0 aromatic heterocycles. The molecule has 14 heavy (non-hydrogen) atoms. The summed E-state index contributed by atoms with van der Waals surface area (Å²) >= 11 is 0. The zero-order valence-corrected chi connectivity index (χ0v) is 9.33. The summed E-state index contributed by atoms with van der Waals surface area (Å²) in [5.74, 6) is 0.628. The molecule has 84 valence electrons. The summed E-state index contributed by atoms with van der Waals surface area (Å²) in [6.45, 7) is 8.72. The third-order valence-electron chi connectivity index (χ3n) is 2.94. The van der Waals surface area contributed by atoms with Gasteiger partial charge in [0.2, 0.25) is 0 Å². The van der Waals surface area contributed by atoms with E-state index in [9.17, 15) is 0 Å². The topological polar surface area (TPSA) is 50.5 Å². The Hall–Kier alpha value is -0.160. The van der Waals surface area contributed by atoms with Gasteiger partial charge in [-0.25, -0.2) is 5.01 Å². The molecule has 1 saturated heterocycles. The van der Waals surface area contributed by atoms with Crippen molar-refractivity contribution in [3.8, 4) is 0 Å². The molecule has 0 aliphatic carbocycles. The van der Waals surface area contributed by atoms with Crippen molar-refractivity contribution in [2.75, 3.05) is 32.8 Å². The minimum absolute atomic E-state index is 0.401. The lowest BCUT2D eigenvalue weighted by Gasteiger charge is -2.33. The van der Waals surface area contributed by atoms with E-state index in [0.29, 0.717) is 18.5 Å². The molecule has 0 spiro atoms. The first kappa shape index (κ1) is 11.9. The van der Waals surface area contributed by atoms with Crippen LogP contribution in [0.4, 0.5) is 0 Å². The normalized spacial score (nSPS) is 23.4. The number of ether oxygens (including phenoxy) is 1. The lowest BCUT2D eigenvalue weighted by molar-refractivity contribution is -0.000557. The summed E-state index contributed by atoms with van der Waals surface area (Å²) in [5.41, 5.74) is 9.23. The first-order chi connectivity index (χ1) is 6.77. The fraction of sp³-hybridized carbons (Fsp3) is 1.00.